The summed E-state index contributed by atoms with van der Waals surface area (Å²) in [6, 6.07) is -0.996. The number of carbonyl (C=O) groups is 3. The van der Waals surface area contributed by atoms with Crippen molar-refractivity contribution in [3.8, 4) is 0 Å². The maximum atomic E-state index is 11.1. The minimum Gasteiger partial charge on any atom is -0.481 e. The summed E-state index contributed by atoms with van der Waals surface area (Å²) >= 11 is 3.85. The molecule has 15 heavy (non-hydrogen) atoms. The highest BCUT2D eigenvalue weighted by atomic mass is 32.1. The number of rotatable bonds is 7. The monoisotopic (exact) mass is 235 g/mol. The van der Waals surface area contributed by atoms with Crippen LogP contribution in [0.2, 0.25) is 0 Å². The molecule has 0 rings (SSSR count). The Morgan fingerprint density at radius 2 is 1.80 bits per heavy atom. The van der Waals surface area contributed by atoms with E-state index in [1.807, 2.05) is 0 Å². The Morgan fingerprint density at radius 1 is 1.20 bits per heavy atom. The molecular formula is C8H13NO5S. The molecule has 0 aromatic heterocycles. The van der Waals surface area contributed by atoms with Gasteiger partial charge in [-0.05, 0) is 12.2 Å². The molecule has 0 bridgehead atoms. The van der Waals surface area contributed by atoms with Crippen LogP contribution in [-0.2, 0) is 14.4 Å². The van der Waals surface area contributed by atoms with E-state index in [0.29, 0.717) is 5.75 Å². The Morgan fingerprint density at radius 3 is 2.20 bits per heavy atom. The molecule has 86 valence electrons. The van der Waals surface area contributed by atoms with Crippen LogP contribution in [0.15, 0.2) is 0 Å². The van der Waals surface area contributed by atoms with Crippen molar-refractivity contribution in [2.45, 2.75) is 25.3 Å². The van der Waals surface area contributed by atoms with E-state index in [1.165, 1.54) is 0 Å². The van der Waals surface area contributed by atoms with Crippen LogP contribution in [0.5, 0.6) is 0 Å². The zero-order chi connectivity index (χ0) is 11.8. The van der Waals surface area contributed by atoms with E-state index in [4.69, 9.17) is 10.2 Å². The highest BCUT2D eigenvalue weighted by molar-refractivity contribution is 7.80. The summed E-state index contributed by atoms with van der Waals surface area (Å²) in [5.41, 5.74) is 0. The second kappa shape index (κ2) is 7.10. The largest absolute Gasteiger partial charge is 0.481 e. The SMILES string of the molecule is O=C(O)CCC(=O)NC(CCS)C(=O)O. The second-order valence-electron chi connectivity index (χ2n) is 2.86. The normalized spacial score (nSPS) is 11.8. The topological polar surface area (TPSA) is 104 Å². The Hall–Kier alpha value is -1.24. The lowest BCUT2D eigenvalue weighted by atomic mass is 10.2. The molecule has 0 saturated heterocycles. The van der Waals surface area contributed by atoms with E-state index >= 15 is 0 Å². The van der Waals surface area contributed by atoms with Crippen LogP contribution in [0.3, 0.4) is 0 Å². The van der Waals surface area contributed by atoms with Crippen molar-refractivity contribution in [2.75, 3.05) is 5.75 Å². The fourth-order valence-corrected chi connectivity index (χ4v) is 1.13. The number of carboxylic acid groups (broad SMARTS) is 2. The molecule has 0 radical (unpaired) electrons. The van der Waals surface area contributed by atoms with Gasteiger partial charge in [0.2, 0.25) is 5.91 Å². The summed E-state index contributed by atoms with van der Waals surface area (Å²) in [5, 5.41) is 19.2. The average Bonchev–Trinajstić information content (AvgIpc) is 2.14. The molecule has 0 aliphatic heterocycles. The van der Waals surface area contributed by atoms with Crippen LogP contribution < -0.4 is 5.32 Å². The van der Waals surface area contributed by atoms with E-state index in [1.54, 1.807) is 0 Å². The number of hydrogen-bond donors (Lipinski definition) is 4. The van der Waals surface area contributed by atoms with Crippen LogP contribution in [0.1, 0.15) is 19.3 Å². The molecule has 0 saturated carbocycles. The molecule has 0 fully saturated rings. The minimum absolute atomic E-state index is 0.206. The molecule has 0 heterocycles. The fraction of sp³-hybridized carbons (Fsp3) is 0.625. The van der Waals surface area contributed by atoms with Crippen molar-refractivity contribution in [1.29, 1.82) is 0 Å². The molecular weight excluding hydrogens is 222 g/mol. The van der Waals surface area contributed by atoms with Crippen LogP contribution in [-0.4, -0.2) is 39.9 Å². The van der Waals surface area contributed by atoms with Crippen molar-refractivity contribution < 1.29 is 24.6 Å². The third-order valence-electron chi connectivity index (χ3n) is 1.62. The maximum Gasteiger partial charge on any atom is 0.326 e. The molecule has 6 nitrogen and oxygen atoms in total. The van der Waals surface area contributed by atoms with Crippen molar-refractivity contribution in [3.05, 3.63) is 0 Å². The molecule has 0 aliphatic carbocycles. The third-order valence-corrected chi connectivity index (χ3v) is 1.88. The molecule has 0 aromatic rings. The highest BCUT2D eigenvalue weighted by Crippen LogP contribution is 1.97. The first-order chi connectivity index (χ1) is 6.97. The lowest BCUT2D eigenvalue weighted by Crippen LogP contribution is -2.41. The fourth-order valence-electron chi connectivity index (χ4n) is 0.873. The zero-order valence-electron chi connectivity index (χ0n) is 7.97. The maximum absolute atomic E-state index is 11.1. The van der Waals surface area contributed by atoms with Gasteiger partial charge >= 0.3 is 11.9 Å². The van der Waals surface area contributed by atoms with E-state index in [9.17, 15) is 14.4 Å². The summed E-state index contributed by atoms with van der Waals surface area (Å²) in [6.07, 6.45) is -0.317. The summed E-state index contributed by atoms with van der Waals surface area (Å²) in [7, 11) is 0. The summed E-state index contributed by atoms with van der Waals surface area (Å²) < 4.78 is 0. The van der Waals surface area contributed by atoms with E-state index < -0.39 is 23.9 Å². The van der Waals surface area contributed by atoms with Crippen molar-refractivity contribution in [3.63, 3.8) is 0 Å². The van der Waals surface area contributed by atoms with Crippen LogP contribution in [0, 0.1) is 0 Å². The van der Waals surface area contributed by atoms with Gasteiger partial charge in [-0.3, -0.25) is 9.59 Å². The Balaban J connectivity index is 3.99. The van der Waals surface area contributed by atoms with Crippen molar-refractivity contribution in [2.24, 2.45) is 0 Å². The van der Waals surface area contributed by atoms with Gasteiger partial charge in [0.1, 0.15) is 6.04 Å². The van der Waals surface area contributed by atoms with E-state index in [-0.39, 0.29) is 19.3 Å². The zero-order valence-corrected chi connectivity index (χ0v) is 8.87. The smallest absolute Gasteiger partial charge is 0.326 e. The van der Waals surface area contributed by atoms with Gasteiger partial charge in [0.25, 0.3) is 0 Å². The number of hydrogen-bond acceptors (Lipinski definition) is 4. The Bertz CT molecular complexity index is 255. The Labute approximate surface area is 92.1 Å². The molecule has 1 atom stereocenters. The number of aliphatic carboxylic acids is 2. The number of amides is 1. The molecule has 0 spiro atoms. The first kappa shape index (κ1) is 13.8. The number of carbonyl (C=O) groups excluding carboxylic acids is 1. The first-order valence-corrected chi connectivity index (χ1v) is 4.95. The molecule has 7 heteroatoms. The van der Waals surface area contributed by atoms with Gasteiger partial charge < -0.3 is 15.5 Å². The number of thiol groups is 1. The molecule has 1 unspecified atom stereocenters. The number of nitrogens with one attached hydrogen (secondary N) is 1. The van der Waals surface area contributed by atoms with Gasteiger partial charge in [-0.15, -0.1) is 0 Å². The summed E-state index contributed by atoms with van der Waals surface area (Å²) in [5.74, 6) is -2.48. The van der Waals surface area contributed by atoms with Gasteiger partial charge in [-0.2, -0.15) is 12.6 Å². The van der Waals surface area contributed by atoms with E-state index in [2.05, 4.69) is 17.9 Å². The number of carboxylic acids is 2. The second-order valence-corrected chi connectivity index (χ2v) is 3.31. The standard InChI is InChI=1S/C8H13NO5S/c10-6(1-2-7(11)12)9-5(3-4-15)8(13)14/h5,15H,1-4H2,(H,9,10)(H,11,12)(H,13,14). The van der Waals surface area contributed by atoms with Gasteiger partial charge in [0, 0.05) is 6.42 Å². The van der Waals surface area contributed by atoms with Crippen LogP contribution in [0.4, 0.5) is 0 Å². The highest BCUT2D eigenvalue weighted by Gasteiger charge is 2.18. The lowest BCUT2D eigenvalue weighted by molar-refractivity contribution is -0.142. The molecule has 3 N–H and O–H groups in total. The van der Waals surface area contributed by atoms with Gasteiger partial charge in [-0.1, -0.05) is 0 Å². The third kappa shape index (κ3) is 6.78. The van der Waals surface area contributed by atoms with Gasteiger partial charge in [0.15, 0.2) is 0 Å². The minimum atomic E-state index is -1.15. The molecule has 0 aliphatic rings. The quantitative estimate of drug-likeness (QED) is 0.455. The first-order valence-electron chi connectivity index (χ1n) is 4.32. The molecule has 0 aromatic carbocycles. The molecule has 1 amide bonds. The Kier molecular flexibility index (Phi) is 6.52. The van der Waals surface area contributed by atoms with Crippen molar-refractivity contribution in [1.82, 2.24) is 5.32 Å². The average molecular weight is 235 g/mol. The van der Waals surface area contributed by atoms with Gasteiger partial charge in [-0.25, -0.2) is 4.79 Å². The van der Waals surface area contributed by atoms with Crippen molar-refractivity contribution >= 4 is 30.5 Å². The van der Waals surface area contributed by atoms with Gasteiger partial charge in [0.05, 0.1) is 6.42 Å². The summed E-state index contributed by atoms with van der Waals surface area (Å²) in [4.78, 5) is 31.8. The predicted octanol–water partition coefficient (Wildman–Crippen LogP) is -0.260. The lowest BCUT2D eigenvalue weighted by Gasteiger charge is -2.12. The van der Waals surface area contributed by atoms with Crippen LogP contribution in [0.25, 0.3) is 0 Å². The summed E-state index contributed by atoms with van der Waals surface area (Å²) in [6.45, 7) is 0. The predicted molar refractivity (Wildman–Crippen MR) is 54.9 cm³/mol. The van der Waals surface area contributed by atoms with Crippen LogP contribution >= 0.6 is 12.6 Å². The van der Waals surface area contributed by atoms with E-state index in [0.717, 1.165) is 0 Å².